The lowest BCUT2D eigenvalue weighted by atomic mass is 10.1. The fourth-order valence-electron chi connectivity index (χ4n) is 2.92. The van der Waals surface area contributed by atoms with Crippen LogP contribution in [0.5, 0.6) is 17.2 Å². The third kappa shape index (κ3) is 4.11. The Morgan fingerprint density at radius 1 is 0.964 bits per heavy atom. The lowest BCUT2D eigenvalue weighted by Crippen LogP contribution is -2.11. The number of aryl methyl sites for hydroxylation is 1. The van der Waals surface area contributed by atoms with E-state index in [4.69, 9.17) is 18.6 Å². The molecule has 0 bridgehead atoms. The van der Waals surface area contributed by atoms with Crippen LogP contribution in [0.15, 0.2) is 52.9 Å². The molecular formula is C22H23NO5. The van der Waals surface area contributed by atoms with Crippen molar-refractivity contribution in [2.24, 2.45) is 0 Å². The summed E-state index contributed by atoms with van der Waals surface area (Å²) in [5.74, 6) is 2.45. The molecule has 0 radical (unpaired) electrons. The van der Waals surface area contributed by atoms with E-state index in [0.717, 1.165) is 16.8 Å². The van der Waals surface area contributed by atoms with E-state index in [1.807, 2.05) is 31.2 Å². The first-order valence-electron chi connectivity index (χ1n) is 8.80. The number of rotatable bonds is 7. The van der Waals surface area contributed by atoms with Gasteiger partial charge < -0.3 is 23.9 Å². The number of carbonyl (C=O) groups is 1. The van der Waals surface area contributed by atoms with E-state index in [-0.39, 0.29) is 11.7 Å². The van der Waals surface area contributed by atoms with Gasteiger partial charge in [0.05, 0.1) is 21.3 Å². The zero-order valence-electron chi connectivity index (χ0n) is 16.4. The molecule has 2 aromatic carbocycles. The molecule has 3 aromatic rings. The molecule has 1 aromatic heterocycles. The highest BCUT2D eigenvalue weighted by Gasteiger charge is 2.17. The highest BCUT2D eigenvalue weighted by molar-refractivity contribution is 6.02. The molecule has 6 heteroatoms. The number of para-hydroxylation sites is 1. The van der Waals surface area contributed by atoms with E-state index in [9.17, 15) is 4.79 Å². The minimum Gasteiger partial charge on any atom is -0.496 e. The Kier molecular flexibility index (Phi) is 5.89. The second-order valence-electron chi connectivity index (χ2n) is 6.22. The predicted octanol–water partition coefficient (Wildman–Crippen LogP) is 4.46. The fraction of sp³-hybridized carbons (Fsp3) is 0.227. The van der Waals surface area contributed by atoms with Crippen molar-refractivity contribution in [3.8, 4) is 17.2 Å². The van der Waals surface area contributed by atoms with Gasteiger partial charge in [0.1, 0.15) is 23.0 Å². The third-order valence-corrected chi connectivity index (χ3v) is 4.45. The second-order valence-corrected chi connectivity index (χ2v) is 6.22. The van der Waals surface area contributed by atoms with Crippen molar-refractivity contribution in [3.63, 3.8) is 0 Å². The maximum Gasteiger partial charge on any atom is 0.291 e. The van der Waals surface area contributed by atoms with Crippen molar-refractivity contribution in [1.29, 1.82) is 0 Å². The maximum atomic E-state index is 12.5. The van der Waals surface area contributed by atoms with Gasteiger partial charge in [0.25, 0.3) is 5.91 Å². The number of hydrogen-bond donors (Lipinski definition) is 1. The number of hydrogen-bond acceptors (Lipinski definition) is 5. The van der Waals surface area contributed by atoms with Crippen molar-refractivity contribution >= 4 is 11.6 Å². The van der Waals surface area contributed by atoms with Gasteiger partial charge in [-0.05, 0) is 30.7 Å². The molecule has 0 aliphatic heterocycles. The van der Waals surface area contributed by atoms with Crippen LogP contribution < -0.4 is 19.5 Å². The molecule has 0 atom stereocenters. The molecule has 3 rings (SSSR count). The Balaban J connectivity index is 1.81. The Morgan fingerprint density at radius 3 is 2.25 bits per heavy atom. The summed E-state index contributed by atoms with van der Waals surface area (Å²) >= 11 is 0. The van der Waals surface area contributed by atoms with Crippen LogP contribution in [0.3, 0.4) is 0 Å². The van der Waals surface area contributed by atoms with Gasteiger partial charge in [0, 0.05) is 29.8 Å². The molecular weight excluding hydrogens is 358 g/mol. The highest BCUT2D eigenvalue weighted by atomic mass is 16.5. The zero-order valence-corrected chi connectivity index (χ0v) is 16.4. The van der Waals surface area contributed by atoms with E-state index in [1.165, 1.54) is 0 Å². The summed E-state index contributed by atoms with van der Waals surface area (Å²) < 4.78 is 22.0. The standard InChI is InChI=1S/C22H23NO5/c1-14-7-5-6-8-18(14)23-22(24)19-10-9-15(28-19)11-17-20(26-3)12-16(25-2)13-21(17)27-4/h5-10,12-13H,11H2,1-4H3,(H,23,24). The van der Waals surface area contributed by atoms with E-state index in [1.54, 1.807) is 45.6 Å². The minimum atomic E-state index is -0.297. The number of carbonyl (C=O) groups excluding carboxylic acids is 1. The molecule has 146 valence electrons. The molecule has 28 heavy (non-hydrogen) atoms. The fourth-order valence-corrected chi connectivity index (χ4v) is 2.92. The molecule has 1 heterocycles. The largest absolute Gasteiger partial charge is 0.496 e. The smallest absolute Gasteiger partial charge is 0.291 e. The van der Waals surface area contributed by atoms with Crippen molar-refractivity contribution in [2.45, 2.75) is 13.3 Å². The number of amides is 1. The third-order valence-electron chi connectivity index (χ3n) is 4.45. The van der Waals surface area contributed by atoms with Gasteiger partial charge >= 0.3 is 0 Å². The summed E-state index contributed by atoms with van der Waals surface area (Å²) in [4.78, 5) is 12.5. The molecule has 0 saturated carbocycles. The van der Waals surface area contributed by atoms with Crippen molar-refractivity contribution < 1.29 is 23.4 Å². The molecule has 6 nitrogen and oxygen atoms in total. The number of methoxy groups -OCH3 is 3. The van der Waals surface area contributed by atoms with E-state index in [0.29, 0.717) is 29.4 Å². The average Bonchev–Trinajstić information content (AvgIpc) is 3.18. The number of nitrogens with one attached hydrogen (secondary N) is 1. The first-order chi connectivity index (χ1) is 13.5. The van der Waals surface area contributed by atoms with Crippen molar-refractivity contribution in [1.82, 2.24) is 0 Å². The monoisotopic (exact) mass is 381 g/mol. The van der Waals surface area contributed by atoms with Gasteiger partial charge in [0.15, 0.2) is 5.76 Å². The average molecular weight is 381 g/mol. The quantitative estimate of drug-likeness (QED) is 0.654. The molecule has 1 N–H and O–H groups in total. The van der Waals surface area contributed by atoms with E-state index >= 15 is 0 Å². The van der Waals surface area contributed by atoms with Crippen LogP contribution >= 0.6 is 0 Å². The number of benzene rings is 2. The van der Waals surface area contributed by atoms with Crippen LogP contribution in [-0.4, -0.2) is 27.2 Å². The van der Waals surface area contributed by atoms with Crippen LogP contribution in [0.4, 0.5) is 5.69 Å². The summed E-state index contributed by atoms with van der Waals surface area (Å²) in [5.41, 5.74) is 2.55. The maximum absolute atomic E-state index is 12.5. The Bertz CT molecular complexity index is 952. The van der Waals surface area contributed by atoms with Gasteiger partial charge in [-0.1, -0.05) is 18.2 Å². The van der Waals surface area contributed by atoms with Gasteiger partial charge in [-0.15, -0.1) is 0 Å². The number of ether oxygens (including phenoxy) is 3. The molecule has 1 amide bonds. The van der Waals surface area contributed by atoms with Gasteiger partial charge in [0.2, 0.25) is 0 Å². The highest BCUT2D eigenvalue weighted by Crippen LogP contribution is 2.35. The number of furan rings is 1. The van der Waals surface area contributed by atoms with E-state index < -0.39 is 0 Å². The van der Waals surface area contributed by atoms with E-state index in [2.05, 4.69) is 5.32 Å². The number of anilines is 1. The Morgan fingerprint density at radius 2 is 1.64 bits per heavy atom. The molecule has 0 spiro atoms. The first-order valence-corrected chi connectivity index (χ1v) is 8.80. The van der Waals surface area contributed by atoms with Crippen LogP contribution in [0.2, 0.25) is 0 Å². The SMILES string of the molecule is COc1cc(OC)c(Cc2ccc(C(=O)Nc3ccccc3C)o2)c(OC)c1. The summed E-state index contributed by atoms with van der Waals surface area (Å²) in [5, 5.41) is 2.87. The normalized spacial score (nSPS) is 10.4. The van der Waals surface area contributed by atoms with Crippen molar-refractivity contribution in [2.75, 3.05) is 26.6 Å². The summed E-state index contributed by atoms with van der Waals surface area (Å²) in [7, 11) is 4.75. The Labute approximate surface area is 164 Å². The minimum absolute atomic E-state index is 0.240. The summed E-state index contributed by atoms with van der Waals surface area (Å²) in [6.07, 6.45) is 0.411. The molecule has 0 unspecified atom stereocenters. The predicted molar refractivity (Wildman–Crippen MR) is 107 cm³/mol. The van der Waals surface area contributed by atoms with Gasteiger partial charge in [-0.25, -0.2) is 0 Å². The lowest BCUT2D eigenvalue weighted by Gasteiger charge is -2.14. The molecule has 0 aliphatic carbocycles. The van der Waals surface area contributed by atoms with Crippen LogP contribution in [0.1, 0.15) is 27.4 Å². The second kappa shape index (κ2) is 8.52. The zero-order chi connectivity index (χ0) is 20.1. The summed E-state index contributed by atoms with van der Waals surface area (Å²) in [6.45, 7) is 1.94. The van der Waals surface area contributed by atoms with Crippen LogP contribution in [0.25, 0.3) is 0 Å². The van der Waals surface area contributed by atoms with Crippen LogP contribution in [-0.2, 0) is 6.42 Å². The van der Waals surface area contributed by atoms with Gasteiger partial charge in [-0.3, -0.25) is 4.79 Å². The molecule has 0 fully saturated rings. The molecule has 0 aliphatic rings. The first kappa shape index (κ1) is 19.4. The van der Waals surface area contributed by atoms with Crippen molar-refractivity contribution in [3.05, 3.63) is 71.2 Å². The topological polar surface area (TPSA) is 69.9 Å². The molecule has 0 saturated heterocycles. The lowest BCUT2D eigenvalue weighted by molar-refractivity contribution is 0.0995. The Hall–Kier alpha value is -3.41. The van der Waals surface area contributed by atoms with Gasteiger partial charge in [-0.2, -0.15) is 0 Å². The van der Waals surface area contributed by atoms with Crippen LogP contribution in [0, 0.1) is 6.92 Å². The summed E-state index contributed by atoms with van der Waals surface area (Å²) in [6, 6.07) is 14.6.